The maximum Gasteiger partial charge on any atom is 0.277 e. The fraction of sp³-hybridized carbons (Fsp3) is 0.158. The number of hydrogen-bond donors (Lipinski definition) is 1. The van der Waals surface area contributed by atoms with Gasteiger partial charge >= 0.3 is 0 Å². The number of aromatic nitrogens is 2. The Morgan fingerprint density at radius 3 is 2.30 bits per heavy atom. The molecular formula is C19H16ClN5O5. The summed E-state index contributed by atoms with van der Waals surface area (Å²) in [5, 5.41) is 29.8. The summed E-state index contributed by atoms with van der Waals surface area (Å²) in [4.78, 5) is 33.2. The van der Waals surface area contributed by atoms with E-state index in [9.17, 15) is 25.0 Å². The first-order valence-corrected chi connectivity index (χ1v) is 9.07. The van der Waals surface area contributed by atoms with Crippen LogP contribution in [0, 0.1) is 34.1 Å². The van der Waals surface area contributed by atoms with Crippen molar-refractivity contribution in [1.29, 1.82) is 0 Å². The summed E-state index contributed by atoms with van der Waals surface area (Å²) >= 11 is 6.01. The van der Waals surface area contributed by atoms with Crippen LogP contribution in [-0.4, -0.2) is 25.5 Å². The highest BCUT2D eigenvalue weighted by molar-refractivity contribution is 6.30. The molecule has 0 fully saturated rings. The molecular weight excluding hydrogens is 414 g/mol. The van der Waals surface area contributed by atoms with Gasteiger partial charge in [0.1, 0.15) is 0 Å². The molecule has 1 heterocycles. The van der Waals surface area contributed by atoms with Gasteiger partial charge in [0, 0.05) is 17.2 Å². The molecule has 10 nitrogen and oxygen atoms in total. The van der Waals surface area contributed by atoms with E-state index in [-0.39, 0.29) is 5.56 Å². The summed E-state index contributed by atoms with van der Waals surface area (Å²) in [5.74, 6) is -0.713. The van der Waals surface area contributed by atoms with Gasteiger partial charge in [0.25, 0.3) is 17.3 Å². The van der Waals surface area contributed by atoms with E-state index in [4.69, 9.17) is 11.6 Å². The van der Waals surface area contributed by atoms with Crippen LogP contribution in [0.2, 0.25) is 5.02 Å². The number of hydrogen-bond acceptors (Lipinski definition) is 6. The number of benzene rings is 2. The zero-order chi connectivity index (χ0) is 22.0. The van der Waals surface area contributed by atoms with Crippen molar-refractivity contribution in [3.63, 3.8) is 0 Å². The van der Waals surface area contributed by atoms with Gasteiger partial charge in [-0.2, -0.15) is 5.10 Å². The first-order chi connectivity index (χ1) is 14.2. The van der Waals surface area contributed by atoms with Gasteiger partial charge in [-0.05, 0) is 31.5 Å². The Hall–Kier alpha value is -3.79. The van der Waals surface area contributed by atoms with Gasteiger partial charge in [-0.25, -0.2) is 0 Å². The number of non-ortho nitro benzene ring substituents is 2. The normalized spacial score (nSPS) is 10.6. The van der Waals surface area contributed by atoms with Gasteiger partial charge in [-0.1, -0.05) is 23.7 Å². The molecule has 1 aromatic heterocycles. The second kappa shape index (κ2) is 8.29. The minimum Gasteiger partial charge on any atom is -0.319 e. The molecule has 1 N–H and O–H groups in total. The second-order valence-corrected chi connectivity index (χ2v) is 6.98. The smallest absolute Gasteiger partial charge is 0.277 e. The molecule has 2 aromatic carbocycles. The van der Waals surface area contributed by atoms with E-state index < -0.39 is 27.1 Å². The van der Waals surface area contributed by atoms with Crippen LogP contribution < -0.4 is 5.32 Å². The Morgan fingerprint density at radius 2 is 1.73 bits per heavy atom. The van der Waals surface area contributed by atoms with Crippen molar-refractivity contribution in [2.75, 3.05) is 5.32 Å². The molecule has 0 radical (unpaired) electrons. The van der Waals surface area contributed by atoms with E-state index in [1.54, 1.807) is 30.7 Å². The number of carbonyl (C=O) groups is 1. The van der Waals surface area contributed by atoms with Crippen molar-refractivity contribution >= 4 is 34.6 Å². The molecule has 0 spiro atoms. The predicted molar refractivity (Wildman–Crippen MR) is 110 cm³/mol. The number of nitrogens with zero attached hydrogens (tertiary/aromatic N) is 4. The minimum atomic E-state index is -0.788. The lowest BCUT2D eigenvalue weighted by Gasteiger charge is -2.08. The molecule has 0 aliphatic heterocycles. The molecule has 3 aromatic rings. The van der Waals surface area contributed by atoms with Crippen molar-refractivity contribution in [3.8, 4) is 0 Å². The Balaban J connectivity index is 1.90. The Kier molecular flexibility index (Phi) is 5.79. The maximum absolute atomic E-state index is 12.7. The van der Waals surface area contributed by atoms with E-state index in [1.165, 1.54) is 0 Å². The molecule has 30 heavy (non-hydrogen) atoms. The highest BCUT2D eigenvalue weighted by Crippen LogP contribution is 2.25. The lowest BCUT2D eigenvalue weighted by molar-refractivity contribution is -0.394. The average molecular weight is 430 g/mol. The van der Waals surface area contributed by atoms with Crippen LogP contribution in [0.3, 0.4) is 0 Å². The fourth-order valence-electron chi connectivity index (χ4n) is 2.96. The number of aryl methyl sites for hydroxylation is 1. The van der Waals surface area contributed by atoms with Crippen LogP contribution >= 0.6 is 11.6 Å². The summed E-state index contributed by atoms with van der Waals surface area (Å²) < 4.78 is 1.69. The van der Waals surface area contributed by atoms with Crippen molar-refractivity contribution in [1.82, 2.24) is 9.78 Å². The standard InChI is InChI=1S/C19H16ClN5O5/c1-11-18(12(2)23(22-11)10-13-4-3-5-15(20)6-13)21-19(26)14-7-16(24(27)28)9-17(8-14)25(29)30/h3-9H,10H2,1-2H3,(H,21,26). The van der Waals surface area contributed by atoms with Crippen molar-refractivity contribution < 1.29 is 14.6 Å². The Morgan fingerprint density at radius 1 is 1.10 bits per heavy atom. The fourth-order valence-corrected chi connectivity index (χ4v) is 3.18. The molecule has 0 aliphatic carbocycles. The van der Waals surface area contributed by atoms with Gasteiger partial charge in [-0.15, -0.1) is 0 Å². The molecule has 0 bridgehead atoms. The van der Waals surface area contributed by atoms with Gasteiger partial charge in [0.15, 0.2) is 0 Å². The number of rotatable bonds is 6. The summed E-state index contributed by atoms with van der Waals surface area (Å²) in [5.41, 5.74) is 1.25. The van der Waals surface area contributed by atoms with E-state index in [2.05, 4.69) is 10.4 Å². The number of carbonyl (C=O) groups excluding carboxylic acids is 1. The highest BCUT2D eigenvalue weighted by Gasteiger charge is 2.22. The number of halogens is 1. The van der Waals surface area contributed by atoms with Gasteiger partial charge in [-0.3, -0.25) is 29.7 Å². The second-order valence-electron chi connectivity index (χ2n) is 6.54. The van der Waals surface area contributed by atoms with Crippen molar-refractivity contribution in [2.45, 2.75) is 20.4 Å². The Bertz CT molecular complexity index is 1140. The molecule has 0 saturated carbocycles. The topological polar surface area (TPSA) is 133 Å². The van der Waals surface area contributed by atoms with Crippen molar-refractivity contribution in [3.05, 3.63) is 90.2 Å². The van der Waals surface area contributed by atoms with Crippen molar-refractivity contribution in [2.24, 2.45) is 0 Å². The lowest BCUT2D eigenvalue weighted by atomic mass is 10.1. The van der Waals surface area contributed by atoms with Crippen LogP contribution in [0.15, 0.2) is 42.5 Å². The molecule has 3 rings (SSSR count). The molecule has 0 unspecified atom stereocenters. The maximum atomic E-state index is 12.7. The third kappa shape index (κ3) is 4.44. The molecule has 0 aliphatic rings. The molecule has 154 valence electrons. The van der Waals surface area contributed by atoms with Gasteiger partial charge in [0.2, 0.25) is 0 Å². The third-order valence-electron chi connectivity index (χ3n) is 4.43. The first kappa shape index (κ1) is 20.9. The molecule has 0 saturated heterocycles. The molecule has 0 atom stereocenters. The highest BCUT2D eigenvalue weighted by atomic mass is 35.5. The van der Waals surface area contributed by atoms with Gasteiger partial charge in [0.05, 0.1) is 45.1 Å². The van der Waals surface area contributed by atoms with E-state index >= 15 is 0 Å². The number of nitrogens with one attached hydrogen (secondary N) is 1. The molecule has 1 amide bonds. The van der Waals surface area contributed by atoms with E-state index in [1.807, 2.05) is 12.1 Å². The predicted octanol–water partition coefficient (Wildman–Crippen LogP) is 4.27. The number of amides is 1. The van der Waals surface area contributed by atoms with E-state index in [0.29, 0.717) is 28.6 Å². The van der Waals surface area contributed by atoms with Crippen LogP contribution in [0.4, 0.5) is 17.1 Å². The van der Waals surface area contributed by atoms with Crippen LogP contribution in [0.5, 0.6) is 0 Å². The number of anilines is 1. The van der Waals surface area contributed by atoms with E-state index in [0.717, 1.165) is 23.8 Å². The van der Waals surface area contributed by atoms with Gasteiger partial charge < -0.3 is 5.32 Å². The number of nitro benzene ring substituents is 2. The minimum absolute atomic E-state index is 0.197. The zero-order valence-corrected chi connectivity index (χ0v) is 16.7. The first-order valence-electron chi connectivity index (χ1n) is 8.69. The summed E-state index contributed by atoms with van der Waals surface area (Å²) in [7, 11) is 0. The largest absolute Gasteiger partial charge is 0.319 e. The van der Waals surface area contributed by atoms with Crippen LogP contribution in [-0.2, 0) is 6.54 Å². The number of nitro groups is 2. The summed E-state index contributed by atoms with van der Waals surface area (Å²) in [6, 6.07) is 10.1. The lowest BCUT2D eigenvalue weighted by Crippen LogP contribution is -2.14. The third-order valence-corrected chi connectivity index (χ3v) is 4.66. The summed E-state index contributed by atoms with van der Waals surface area (Å²) in [6.07, 6.45) is 0. The summed E-state index contributed by atoms with van der Waals surface area (Å²) in [6.45, 7) is 3.88. The monoisotopic (exact) mass is 429 g/mol. The SMILES string of the molecule is Cc1nn(Cc2cccc(Cl)c2)c(C)c1NC(=O)c1cc([N+](=O)[O-])cc([N+](=O)[O-])c1. The molecule has 11 heteroatoms. The zero-order valence-electron chi connectivity index (χ0n) is 16.0. The quantitative estimate of drug-likeness (QED) is 0.459. The Labute approximate surface area is 175 Å². The van der Waals surface area contributed by atoms with Crippen LogP contribution in [0.25, 0.3) is 0 Å². The van der Waals surface area contributed by atoms with Crippen LogP contribution in [0.1, 0.15) is 27.3 Å². The average Bonchev–Trinajstić information content (AvgIpc) is 2.94.